The van der Waals surface area contributed by atoms with Crippen LogP contribution in [0.2, 0.25) is 0 Å². The van der Waals surface area contributed by atoms with E-state index in [0.29, 0.717) is 31.9 Å². The van der Waals surface area contributed by atoms with Gasteiger partial charge >= 0.3 is 6.08 Å². The van der Waals surface area contributed by atoms with Gasteiger partial charge in [0.25, 0.3) is 0 Å². The highest BCUT2D eigenvalue weighted by Gasteiger charge is 2.29. The van der Waals surface area contributed by atoms with Crippen LogP contribution in [0.5, 0.6) is 0 Å². The van der Waals surface area contributed by atoms with E-state index in [0.717, 1.165) is 0 Å². The van der Waals surface area contributed by atoms with Gasteiger partial charge in [-0.05, 0) is 5.56 Å². The molecule has 1 atom stereocenters. The van der Waals surface area contributed by atoms with Gasteiger partial charge in [0, 0.05) is 13.1 Å². The van der Waals surface area contributed by atoms with Gasteiger partial charge in [-0.15, -0.1) is 0 Å². The lowest BCUT2D eigenvalue weighted by atomic mass is 10.0. The highest BCUT2D eigenvalue weighted by molar-refractivity contribution is 5.26. The average Bonchev–Trinajstić information content (AvgIpc) is 2.41. The van der Waals surface area contributed by atoms with Gasteiger partial charge in [0.2, 0.25) is 0 Å². The Balaban J connectivity index is 2.31. The van der Waals surface area contributed by atoms with Crippen LogP contribution in [-0.2, 0) is 4.74 Å². The van der Waals surface area contributed by atoms with Crippen molar-refractivity contribution in [2.24, 2.45) is 0 Å². The van der Waals surface area contributed by atoms with E-state index in [-0.39, 0.29) is 0 Å². The van der Waals surface area contributed by atoms with Crippen LogP contribution in [0.1, 0.15) is 11.6 Å². The van der Waals surface area contributed by atoms with Crippen molar-refractivity contribution in [3.8, 4) is 0 Å². The lowest BCUT2D eigenvalue weighted by molar-refractivity contribution is 0.0177. The fourth-order valence-corrected chi connectivity index (χ4v) is 2.09. The quantitative estimate of drug-likeness (QED) is 0.824. The number of benzene rings is 1. The molecule has 1 heterocycles. The molecule has 0 saturated carbocycles. The lowest BCUT2D eigenvalue weighted by Crippen LogP contribution is -2.39. The molecule has 0 amide bonds. The monoisotopic (exact) mass is 257 g/mol. The van der Waals surface area contributed by atoms with E-state index >= 15 is 0 Å². The Labute approximate surface area is 104 Å². The molecule has 0 radical (unpaired) electrons. The Morgan fingerprint density at radius 3 is 2.22 bits per heavy atom. The maximum absolute atomic E-state index is 13.7. The van der Waals surface area contributed by atoms with Crippen LogP contribution in [0, 0.1) is 0 Å². The summed E-state index contributed by atoms with van der Waals surface area (Å²) in [6.45, 7) is 1.76. The summed E-state index contributed by atoms with van der Waals surface area (Å²) in [5.74, 6) is -1.37. The Morgan fingerprint density at radius 1 is 1.06 bits per heavy atom. The Morgan fingerprint density at radius 2 is 1.67 bits per heavy atom. The van der Waals surface area contributed by atoms with Crippen molar-refractivity contribution in [1.82, 2.24) is 4.90 Å². The third kappa shape index (κ3) is 2.91. The molecule has 5 heteroatoms. The molecule has 1 aliphatic heterocycles. The highest BCUT2D eigenvalue weighted by Crippen LogP contribution is 2.32. The SMILES string of the molecule is FC(F)=C(F)C(c1ccccc1)N1CCOCC1. The molecule has 2 nitrogen and oxygen atoms in total. The minimum absolute atomic E-state index is 0.435. The smallest absolute Gasteiger partial charge is 0.303 e. The van der Waals surface area contributed by atoms with Gasteiger partial charge in [0.05, 0.1) is 19.3 Å². The maximum atomic E-state index is 13.7. The number of hydrogen-bond acceptors (Lipinski definition) is 2. The molecule has 2 rings (SSSR count). The Kier molecular flexibility index (Phi) is 4.38. The van der Waals surface area contributed by atoms with E-state index in [4.69, 9.17) is 4.74 Å². The van der Waals surface area contributed by atoms with Crippen LogP contribution in [-0.4, -0.2) is 31.2 Å². The van der Waals surface area contributed by atoms with Gasteiger partial charge < -0.3 is 4.74 Å². The Bertz CT molecular complexity index is 412. The van der Waals surface area contributed by atoms with Crippen LogP contribution >= 0.6 is 0 Å². The van der Waals surface area contributed by atoms with Crippen LogP contribution in [0.4, 0.5) is 13.2 Å². The molecule has 1 aromatic carbocycles. The second-order valence-electron chi connectivity index (χ2n) is 4.07. The first-order valence-corrected chi connectivity index (χ1v) is 5.77. The zero-order chi connectivity index (χ0) is 13.0. The van der Waals surface area contributed by atoms with Crippen molar-refractivity contribution in [2.45, 2.75) is 6.04 Å². The number of rotatable bonds is 3. The Hall–Kier alpha value is -1.33. The molecule has 98 valence electrons. The van der Waals surface area contributed by atoms with Gasteiger partial charge in [-0.3, -0.25) is 4.90 Å². The summed E-state index contributed by atoms with van der Waals surface area (Å²) in [6, 6.07) is 7.50. The molecule has 0 spiro atoms. The number of nitrogens with zero attached hydrogens (tertiary/aromatic N) is 1. The van der Waals surface area contributed by atoms with Gasteiger partial charge in [-0.2, -0.15) is 8.78 Å². The first kappa shape index (κ1) is 13.1. The van der Waals surface area contributed by atoms with E-state index in [1.165, 1.54) is 0 Å². The molecule has 1 fully saturated rings. The summed E-state index contributed by atoms with van der Waals surface area (Å²) in [4.78, 5) is 1.67. The zero-order valence-corrected chi connectivity index (χ0v) is 9.78. The standard InChI is InChI=1S/C13H14F3NO/c14-11(13(15)16)12(10-4-2-1-3-5-10)17-6-8-18-9-7-17/h1-5,12H,6-9H2. The number of ether oxygens (including phenoxy) is 1. The van der Waals surface area contributed by atoms with Crippen molar-refractivity contribution in [3.63, 3.8) is 0 Å². The third-order valence-electron chi connectivity index (χ3n) is 2.95. The molecule has 0 bridgehead atoms. The summed E-state index contributed by atoms with van der Waals surface area (Å²) in [7, 11) is 0. The van der Waals surface area contributed by atoms with E-state index in [1.54, 1.807) is 35.2 Å². The van der Waals surface area contributed by atoms with Gasteiger partial charge in [-0.25, -0.2) is 4.39 Å². The first-order valence-electron chi connectivity index (χ1n) is 5.77. The largest absolute Gasteiger partial charge is 0.379 e. The molecule has 1 aliphatic rings. The maximum Gasteiger partial charge on any atom is 0.303 e. The molecule has 1 saturated heterocycles. The molecular weight excluding hydrogens is 243 g/mol. The van der Waals surface area contributed by atoms with Crippen molar-refractivity contribution >= 4 is 0 Å². The summed E-state index contributed by atoms with van der Waals surface area (Å²) < 4.78 is 44.0. The van der Waals surface area contributed by atoms with Crippen molar-refractivity contribution in [2.75, 3.05) is 26.3 Å². The second-order valence-corrected chi connectivity index (χ2v) is 4.07. The topological polar surface area (TPSA) is 12.5 Å². The minimum atomic E-state index is -2.25. The number of morpholine rings is 1. The number of hydrogen-bond donors (Lipinski definition) is 0. The molecular formula is C13H14F3NO. The van der Waals surface area contributed by atoms with Crippen LogP contribution in [0.15, 0.2) is 42.2 Å². The van der Waals surface area contributed by atoms with Crippen LogP contribution < -0.4 is 0 Å². The highest BCUT2D eigenvalue weighted by atomic mass is 19.3. The molecule has 1 unspecified atom stereocenters. The predicted molar refractivity (Wildman–Crippen MR) is 61.9 cm³/mol. The van der Waals surface area contributed by atoms with E-state index in [1.807, 2.05) is 0 Å². The van der Waals surface area contributed by atoms with Crippen molar-refractivity contribution < 1.29 is 17.9 Å². The first-order chi connectivity index (χ1) is 8.70. The second kappa shape index (κ2) is 6.02. The number of halogens is 3. The minimum Gasteiger partial charge on any atom is -0.379 e. The van der Waals surface area contributed by atoms with Gasteiger partial charge in [-0.1, -0.05) is 30.3 Å². The summed E-state index contributed by atoms with van der Waals surface area (Å²) in [5.41, 5.74) is 0.532. The van der Waals surface area contributed by atoms with Crippen molar-refractivity contribution in [1.29, 1.82) is 0 Å². The molecule has 0 aliphatic carbocycles. The third-order valence-corrected chi connectivity index (χ3v) is 2.95. The molecule has 1 aromatic rings. The fourth-order valence-electron chi connectivity index (χ4n) is 2.09. The van der Waals surface area contributed by atoms with Gasteiger partial charge in [0.1, 0.15) is 0 Å². The predicted octanol–water partition coefficient (Wildman–Crippen LogP) is 3.14. The zero-order valence-electron chi connectivity index (χ0n) is 9.78. The normalized spacial score (nSPS) is 18.4. The average molecular weight is 257 g/mol. The van der Waals surface area contributed by atoms with Crippen LogP contribution in [0.3, 0.4) is 0 Å². The lowest BCUT2D eigenvalue weighted by Gasteiger charge is -2.33. The van der Waals surface area contributed by atoms with Crippen molar-refractivity contribution in [3.05, 3.63) is 47.8 Å². The summed E-state index contributed by atoms with van der Waals surface area (Å²) in [5, 5.41) is 0. The molecule has 0 N–H and O–H groups in total. The van der Waals surface area contributed by atoms with E-state index < -0.39 is 17.9 Å². The van der Waals surface area contributed by atoms with Gasteiger partial charge in [0.15, 0.2) is 5.83 Å². The van der Waals surface area contributed by atoms with E-state index in [2.05, 4.69) is 0 Å². The fraction of sp³-hybridized carbons (Fsp3) is 0.385. The molecule has 0 aromatic heterocycles. The molecule has 18 heavy (non-hydrogen) atoms. The summed E-state index contributed by atoms with van der Waals surface area (Å²) in [6.07, 6.45) is -2.25. The summed E-state index contributed by atoms with van der Waals surface area (Å²) >= 11 is 0. The van der Waals surface area contributed by atoms with Crippen LogP contribution in [0.25, 0.3) is 0 Å². The van der Waals surface area contributed by atoms with E-state index in [9.17, 15) is 13.2 Å².